The Kier molecular flexibility index (Phi) is 6.61. The van der Waals surface area contributed by atoms with Crippen molar-refractivity contribution in [1.29, 1.82) is 5.26 Å². The summed E-state index contributed by atoms with van der Waals surface area (Å²) in [5, 5.41) is 14.9. The first-order valence-corrected chi connectivity index (χ1v) is 7.97. The largest absolute Gasteiger partial charge is 0.497 e. The van der Waals surface area contributed by atoms with Crippen molar-refractivity contribution in [2.75, 3.05) is 19.0 Å². The van der Waals surface area contributed by atoms with E-state index in [1.54, 1.807) is 13.2 Å². The molecule has 0 spiro atoms. The first-order chi connectivity index (χ1) is 12.1. The molecule has 25 heavy (non-hydrogen) atoms. The predicted octanol–water partition coefficient (Wildman–Crippen LogP) is 3.18. The van der Waals surface area contributed by atoms with Crippen LogP contribution in [0.3, 0.4) is 0 Å². The van der Waals surface area contributed by atoms with Gasteiger partial charge in [-0.3, -0.25) is 4.79 Å². The van der Waals surface area contributed by atoms with Gasteiger partial charge in [0.05, 0.1) is 7.11 Å². The number of rotatable bonds is 7. The summed E-state index contributed by atoms with van der Waals surface area (Å²) in [6.45, 7) is 2.55. The molecule has 0 aliphatic heterocycles. The summed E-state index contributed by atoms with van der Waals surface area (Å²) in [4.78, 5) is 12.1. The van der Waals surface area contributed by atoms with E-state index in [1.807, 2.05) is 55.5 Å². The van der Waals surface area contributed by atoms with Gasteiger partial charge >= 0.3 is 0 Å². The quantitative estimate of drug-likeness (QED) is 0.463. The molecule has 2 aromatic carbocycles. The first-order valence-electron chi connectivity index (χ1n) is 7.97. The molecule has 2 rings (SSSR count). The van der Waals surface area contributed by atoms with Crippen LogP contribution in [0.2, 0.25) is 0 Å². The molecule has 0 saturated heterocycles. The molecule has 0 heterocycles. The van der Waals surface area contributed by atoms with Gasteiger partial charge < -0.3 is 15.4 Å². The highest BCUT2D eigenvalue weighted by Gasteiger charge is 2.09. The summed E-state index contributed by atoms with van der Waals surface area (Å²) in [6, 6.07) is 17.1. The standard InChI is InChI=1S/C20H21N3O2/c1-15-5-3-7-18(11-15)23-20(24)17(13-21)14-22-10-9-16-6-4-8-19(12-16)25-2/h3-8,11-12,14,22H,9-10H2,1-2H3,(H,23,24)/b17-14-. The Hall–Kier alpha value is -3.26. The van der Waals surface area contributed by atoms with E-state index in [0.29, 0.717) is 12.2 Å². The molecule has 0 bridgehead atoms. The van der Waals surface area contributed by atoms with Crippen LogP contribution in [0.5, 0.6) is 5.75 Å². The van der Waals surface area contributed by atoms with Crippen LogP contribution in [0.25, 0.3) is 0 Å². The molecule has 5 nitrogen and oxygen atoms in total. The van der Waals surface area contributed by atoms with Crippen LogP contribution in [0, 0.1) is 18.3 Å². The molecule has 0 radical (unpaired) electrons. The maximum Gasteiger partial charge on any atom is 0.267 e. The molecule has 0 atom stereocenters. The summed E-state index contributed by atoms with van der Waals surface area (Å²) < 4.78 is 5.18. The number of nitriles is 1. The topological polar surface area (TPSA) is 74.1 Å². The minimum absolute atomic E-state index is 0.0344. The fraction of sp³-hybridized carbons (Fsp3) is 0.200. The van der Waals surface area contributed by atoms with Gasteiger partial charge in [0.1, 0.15) is 17.4 Å². The molecular weight excluding hydrogens is 314 g/mol. The Morgan fingerprint density at radius 2 is 2.04 bits per heavy atom. The van der Waals surface area contributed by atoms with Crippen molar-refractivity contribution in [3.05, 3.63) is 71.4 Å². The number of hydrogen-bond acceptors (Lipinski definition) is 4. The van der Waals surface area contributed by atoms with Crippen LogP contribution in [-0.4, -0.2) is 19.6 Å². The molecular formula is C20H21N3O2. The van der Waals surface area contributed by atoms with Crippen LogP contribution in [0.1, 0.15) is 11.1 Å². The summed E-state index contributed by atoms with van der Waals surface area (Å²) in [5.41, 5.74) is 2.86. The van der Waals surface area contributed by atoms with Gasteiger partial charge in [0.15, 0.2) is 0 Å². The second-order valence-electron chi connectivity index (χ2n) is 5.55. The molecule has 0 saturated carbocycles. The molecule has 0 aliphatic carbocycles. The lowest BCUT2D eigenvalue weighted by molar-refractivity contribution is -0.112. The van der Waals surface area contributed by atoms with Crippen LogP contribution in [0.4, 0.5) is 5.69 Å². The van der Waals surface area contributed by atoms with E-state index in [1.165, 1.54) is 6.20 Å². The monoisotopic (exact) mass is 335 g/mol. The second-order valence-corrected chi connectivity index (χ2v) is 5.55. The fourth-order valence-electron chi connectivity index (χ4n) is 2.29. The Bertz CT molecular complexity index is 807. The normalized spacial score (nSPS) is 10.7. The Labute approximate surface area is 147 Å². The van der Waals surface area contributed by atoms with Crippen LogP contribution in [0.15, 0.2) is 60.3 Å². The number of methoxy groups -OCH3 is 1. The van der Waals surface area contributed by atoms with Crippen molar-refractivity contribution >= 4 is 11.6 Å². The first kappa shape index (κ1) is 18.1. The zero-order chi connectivity index (χ0) is 18.1. The van der Waals surface area contributed by atoms with E-state index in [2.05, 4.69) is 10.6 Å². The van der Waals surface area contributed by atoms with Crippen molar-refractivity contribution in [3.63, 3.8) is 0 Å². The lowest BCUT2D eigenvalue weighted by Gasteiger charge is -2.07. The van der Waals surface area contributed by atoms with E-state index < -0.39 is 5.91 Å². The summed E-state index contributed by atoms with van der Waals surface area (Å²) in [6.07, 6.45) is 2.21. The number of aryl methyl sites for hydroxylation is 1. The Morgan fingerprint density at radius 1 is 1.24 bits per heavy atom. The SMILES string of the molecule is COc1cccc(CCN/C=C(/C#N)C(=O)Nc2cccc(C)c2)c1. The van der Waals surface area contributed by atoms with E-state index in [-0.39, 0.29) is 5.57 Å². The molecule has 0 aromatic heterocycles. The summed E-state index contributed by atoms with van der Waals surface area (Å²) >= 11 is 0. The van der Waals surface area contributed by atoms with Crippen LogP contribution in [-0.2, 0) is 11.2 Å². The number of carbonyl (C=O) groups excluding carboxylic acids is 1. The zero-order valence-corrected chi connectivity index (χ0v) is 14.4. The average molecular weight is 335 g/mol. The lowest BCUT2D eigenvalue weighted by atomic mass is 10.1. The van der Waals surface area contributed by atoms with Crippen molar-refractivity contribution in [3.8, 4) is 11.8 Å². The molecule has 5 heteroatoms. The van der Waals surface area contributed by atoms with Gasteiger partial charge in [0, 0.05) is 18.4 Å². The highest BCUT2D eigenvalue weighted by atomic mass is 16.5. The van der Waals surface area contributed by atoms with Crippen molar-refractivity contribution in [2.45, 2.75) is 13.3 Å². The van der Waals surface area contributed by atoms with Crippen molar-refractivity contribution in [2.24, 2.45) is 0 Å². The van der Waals surface area contributed by atoms with Gasteiger partial charge in [-0.1, -0.05) is 24.3 Å². The number of amides is 1. The number of benzene rings is 2. The molecule has 0 aliphatic rings. The van der Waals surface area contributed by atoms with Gasteiger partial charge in [0.2, 0.25) is 0 Å². The number of hydrogen-bond donors (Lipinski definition) is 2. The molecule has 128 valence electrons. The Balaban J connectivity index is 1.89. The average Bonchev–Trinajstić information content (AvgIpc) is 2.62. The lowest BCUT2D eigenvalue weighted by Crippen LogP contribution is -2.18. The smallest absolute Gasteiger partial charge is 0.267 e. The minimum Gasteiger partial charge on any atom is -0.497 e. The zero-order valence-electron chi connectivity index (χ0n) is 14.4. The van der Waals surface area contributed by atoms with Gasteiger partial charge in [-0.2, -0.15) is 5.26 Å². The van der Waals surface area contributed by atoms with E-state index >= 15 is 0 Å². The highest BCUT2D eigenvalue weighted by Crippen LogP contribution is 2.13. The number of nitrogens with one attached hydrogen (secondary N) is 2. The van der Waals surface area contributed by atoms with Crippen LogP contribution >= 0.6 is 0 Å². The number of anilines is 1. The molecule has 2 aromatic rings. The highest BCUT2D eigenvalue weighted by molar-refractivity contribution is 6.06. The van der Waals surface area contributed by atoms with Crippen LogP contribution < -0.4 is 15.4 Å². The summed E-state index contributed by atoms with van der Waals surface area (Å²) in [5.74, 6) is 0.380. The van der Waals surface area contributed by atoms with Gasteiger partial charge in [0.25, 0.3) is 5.91 Å². The van der Waals surface area contributed by atoms with E-state index in [4.69, 9.17) is 4.74 Å². The summed E-state index contributed by atoms with van der Waals surface area (Å²) in [7, 11) is 1.63. The number of nitrogens with zero attached hydrogens (tertiary/aromatic N) is 1. The van der Waals surface area contributed by atoms with E-state index in [9.17, 15) is 10.1 Å². The maximum atomic E-state index is 12.1. The fourth-order valence-corrected chi connectivity index (χ4v) is 2.29. The van der Waals surface area contributed by atoms with Gasteiger partial charge in [-0.05, 0) is 48.7 Å². The number of ether oxygens (including phenoxy) is 1. The number of carbonyl (C=O) groups is 1. The molecule has 1 amide bonds. The molecule has 0 unspecified atom stereocenters. The molecule has 2 N–H and O–H groups in total. The van der Waals surface area contributed by atoms with Crippen molar-refractivity contribution < 1.29 is 9.53 Å². The maximum absolute atomic E-state index is 12.1. The van der Waals surface area contributed by atoms with Gasteiger partial charge in [-0.25, -0.2) is 0 Å². The second kappa shape index (κ2) is 9.14. The third kappa shape index (κ3) is 5.70. The van der Waals surface area contributed by atoms with Gasteiger partial charge in [-0.15, -0.1) is 0 Å². The predicted molar refractivity (Wildman–Crippen MR) is 98.2 cm³/mol. The molecule has 0 fully saturated rings. The minimum atomic E-state index is -0.429. The van der Waals surface area contributed by atoms with E-state index in [0.717, 1.165) is 23.3 Å². The Morgan fingerprint density at radius 3 is 2.76 bits per heavy atom. The third-order valence-electron chi connectivity index (χ3n) is 3.58. The van der Waals surface area contributed by atoms with Crippen molar-refractivity contribution in [1.82, 2.24) is 5.32 Å². The third-order valence-corrected chi connectivity index (χ3v) is 3.58.